The Morgan fingerprint density at radius 1 is 0.621 bits per heavy atom. The van der Waals surface area contributed by atoms with E-state index in [4.69, 9.17) is 4.74 Å². The van der Waals surface area contributed by atoms with Crippen molar-refractivity contribution in [2.45, 2.75) is 6.61 Å². The fourth-order valence-electron chi connectivity index (χ4n) is 3.72. The largest absolute Gasteiger partial charge is 0.457 e. The highest BCUT2D eigenvalue weighted by Crippen LogP contribution is 2.35. The van der Waals surface area contributed by atoms with Crippen molar-refractivity contribution in [3.8, 4) is 11.1 Å². The maximum absolute atomic E-state index is 11.7. The van der Waals surface area contributed by atoms with Gasteiger partial charge in [0.15, 0.2) is 0 Å². The number of anilines is 3. The van der Waals surface area contributed by atoms with E-state index in [0.29, 0.717) is 12.2 Å². The summed E-state index contributed by atoms with van der Waals surface area (Å²) in [5.74, 6) is -0.233. The summed E-state index contributed by atoms with van der Waals surface area (Å²) >= 11 is 0. The van der Waals surface area contributed by atoms with Crippen molar-refractivity contribution >= 4 is 23.0 Å². The number of para-hydroxylation sites is 2. The Morgan fingerprint density at radius 3 is 1.79 bits per heavy atom. The highest BCUT2D eigenvalue weighted by atomic mass is 16.5. The van der Waals surface area contributed by atoms with Crippen molar-refractivity contribution in [2.75, 3.05) is 4.90 Å². The van der Waals surface area contributed by atoms with Crippen LogP contribution in [0.25, 0.3) is 11.1 Å². The first-order valence-electron chi connectivity index (χ1n) is 9.60. The van der Waals surface area contributed by atoms with Crippen LogP contribution in [0.3, 0.4) is 0 Å². The van der Waals surface area contributed by atoms with Crippen molar-refractivity contribution in [2.24, 2.45) is 0 Å². The van der Waals surface area contributed by atoms with Crippen molar-refractivity contribution in [1.29, 1.82) is 0 Å². The van der Waals surface area contributed by atoms with Gasteiger partial charge in [0.2, 0.25) is 0 Å². The minimum absolute atomic E-state index is 0.233. The number of nitrogens with zero attached hydrogens (tertiary/aromatic N) is 1. The number of cyclic esters (lactones) is 1. The first-order valence-corrected chi connectivity index (χ1v) is 9.60. The highest BCUT2D eigenvalue weighted by molar-refractivity contribution is 5.94. The molecule has 0 amide bonds. The molecule has 3 nitrogen and oxygen atoms in total. The molecule has 0 radical (unpaired) electrons. The molecule has 1 aliphatic heterocycles. The van der Waals surface area contributed by atoms with Crippen LogP contribution in [-0.2, 0) is 11.3 Å². The Morgan fingerprint density at radius 2 is 1.17 bits per heavy atom. The molecule has 0 atom stereocenters. The second-order valence-electron chi connectivity index (χ2n) is 7.00. The van der Waals surface area contributed by atoms with Gasteiger partial charge in [-0.15, -0.1) is 0 Å². The van der Waals surface area contributed by atoms with Gasteiger partial charge in [0.1, 0.15) is 6.61 Å². The lowest BCUT2D eigenvalue weighted by atomic mass is 10.00. The minimum atomic E-state index is -0.233. The van der Waals surface area contributed by atoms with Crippen LogP contribution in [0.4, 0.5) is 17.1 Å². The first-order chi connectivity index (χ1) is 14.3. The Labute approximate surface area is 169 Å². The van der Waals surface area contributed by atoms with Gasteiger partial charge in [0.05, 0.1) is 5.56 Å². The molecule has 29 heavy (non-hydrogen) atoms. The molecule has 0 saturated carbocycles. The summed E-state index contributed by atoms with van der Waals surface area (Å²) in [7, 11) is 0. The molecule has 140 valence electrons. The maximum atomic E-state index is 11.7. The fourth-order valence-corrected chi connectivity index (χ4v) is 3.72. The number of esters is 1. The van der Waals surface area contributed by atoms with Gasteiger partial charge in [0, 0.05) is 22.6 Å². The third kappa shape index (κ3) is 3.27. The lowest BCUT2D eigenvalue weighted by Gasteiger charge is -2.25. The molecule has 4 aromatic rings. The number of ether oxygens (including phenoxy) is 1. The number of carbonyl (C=O) groups excluding carboxylic acids is 1. The van der Waals surface area contributed by atoms with Crippen LogP contribution in [0.5, 0.6) is 0 Å². The van der Waals surface area contributed by atoms with Crippen LogP contribution in [0.1, 0.15) is 15.9 Å². The van der Waals surface area contributed by atoms with Crippen molar-refractivity contribution in [3.63, 3.8) is 0 Å². The number of benzene rings is 4. The van der Waals surface area contributed by atoms with Crippen LogP contribution in [0.2, 0.25) is 0 Å². The van der Waals surface area contributed by atoms with Gasteiger partial charge < -0.3 is 9.64 Å². The monoisotopic (exact) mass is 377 g/mol. The predicted molar refractivity (Wildman–Crippen MR) is 116 cm³/mol. The second-order valence-corrected chi connectivity index (χ2v) is 7.00. The van der Waals surface area contributed by atoms with Crippen LogP contribution >= 0.6 is 0 Å². The van der Waals surface area contributed by atoms with E-state index >= 15 is 0 Å². The average Bonchev–Trinajstić information content (AvgIpc) is 3.16. The summed E-state index contributed by atoms with van der Waals surface area (Å²) in [6.45, 7) is 0.357. The molecular formula is C26H19NO2. The van der Waals surface area contributed by atoms with E-state index in [1.165, 1.54) is 0 Å². The zero-order valence-electron chi connectivity index (χ0n) is 15.8. The summed E-state index contributed by atoms with van der Waals surface area (Å²) < 4.78 is 5.12. The molecule has 0 spiro atoms. The number of hydrogen-bond donors (Lipinski definition) is 0. The molecule has 1 aliphatic rings. The van der Waals surface area contributed by atoms with E-state index in [2.05, 4.69) is 53.4 Å². The molecular weight excluding hydrogens is 358 g/mol. The Balaban J connectivity index is 1.52. The van der Waals surface area contributed by atoms with Gasteiger partial charge in [-0.1, -0.05) is 54.6 Å². The maximum Gasteiger partial charge on any atom is 0.338 e. The summed E-state index contributed by atoms with van der Waals surface area (Å²) in [6, 6.07) is 35.1. The average molecular weight is 377 g/mol. The van der Waals surface area contributed by atoms with Crippen LogP contribution in [0.15, 0.2) is 103 Å². The second kappa shape index (κ2) is 7.28. The lowest BCUT2D eigenvalue weighted by molar-refractivity contribution is 0.0535. The van der Waals surface area contributed by atoms with Crippen molar-refractivity contribution < 1.29 is 9.53 Å². The summed E-state index contributed by atoms with van der Waals surface area (Å²) in [5, 5.41) is 0. The number of fused-ring (bicyclic) bond motifs is 1. The van der Waals surface area contributed by atoms with E-state index in [9.17, 15) is 4.79 Å². The van der Waals surface area contributed by atoms with Gasteiger partial charge in [-0.05, 0) is 59.7 Å². The molecule has 0 saturated heterocycles. The smallest absolute Gasteiger partial charge is 0.338 e. The molecule has 0 aliphatic carbocycles. The molecule has 3 heteroatoms. The molecule has 0 N–H and O–H groups in total. The zero-order chi connectivity index (χ0) is 19.6. The van der Waals surface area contributed by atoms with E-state index in [1.807, 2.05) is 54.6 Å². The molecule has 0 aromatic heterocycles. The van der Waals surface area contributed by atoms with Crippen LogP contribution < -0.4 is 4.90 Å². The molecule has 0 bridgehead atoms. The first kappa shape index (κ1) is 17.3. The third-order valence-corrected chi connectivity index (χ3v) is 5.17. The Hall–Kier alpha value is -3.85. The highest BCUT2D eigenvalue weighted by Gasteiger charge is 2.21. The van der Waals surface area contributed by atoms with Crippen molar-refractivity contribution in [1.82, 2.24) is 0 Å². The van der Waals surface area contributed by atoms with Crippen LogP contribution in [-0.4, -0.2) is 5.97 Å². The lowest BCUT2D eigenvalue weighted by Crippen LogP contribution is -2.09. The normalized spacial score (nSPS) is 12.3. The van der Waals surface area contributed by atoms with Gasteiger partial charge in [-0.3, -0.25) is 0 Å². The van der Waals surface area contributed by atoms with Crippen LogP contribution in [0, 0.1) is 0 Å². The number of hydrogen-bond acceptors (Lipinski definition) is 3. The van der Waals surface area contributed by atoms with E-state index in [-0.39, 0.29) is 5.97 Å². The summed E-state index contributed by atoms with van der Waals surface area (Å²) in [4.78, 5) is 13.9. The Bertz CT molecular complexity index is 1110. The topological polar surface area (TPSA) is 29.5 Å². The predicted octanol–water partition coefficient (Wildman–Crippen LogP) is 6.49. The SMILES string of the molecule is O=C1OCc2cc(-c3ccc(N(c4ccccc4)c4ccccc4)cc3)ccc21. The number of carbonyl (C=O) groups is 1. The zero-order valence-corrected chi connectivity index (χ0v) is 15.8. The van der Waals surface area contributed by atoms with Gasteiger partial charge >= 0.3 is 5.97 Å². The Kier molecular flexibility index (Phi) is 4.34. The quantitative estimate of drug-likeness (QED) is 0.381. The molecule has 4 aromatic carbocycles. The standard InChI is InChI=1S/C26H19NO2/c28-26-25-16-13-20(17-21(25)18-29-26)19-11-14-24(15-12-19)27(22-7-3-1-4-8-22)23-9-5-2-6-10-23/h1-17H,18H2. The van der Waals surface area contributed by atoms with E-state index < -0.39 is 0 Å². The van der Waals surface area contributed by atoms with Gasteiger partial charge in [-0.25, -0.2) is 4.79 Å². The molecule has 0 unspecified atom stereocenters. The minimum Gasteiger partial charge on any atom is -0.457 e. The van der Waals surface area contributed by atoms with Crippen molar-refractivity contribution in [3.05, 3.63) is 114 Å². The number of rotatable bonds is 4. The summed E-state index contributed by atoms with van der Waals surface area (Å²) in [6.07, 6.45) is 0. The molecule has 0 fully saturated rings. The molecule has 1 heterocycles. The van der Waals surface area contributed by atoms with E-state index in [1.54, 1.807) is 0 Å². The van der Waals surface area contributed by atoms with E-state index in [0.717, 1.165) is 33.8 Å². The fraction of sp³-hybridized carbons (Fsp3) is 0.0385. The summed E-state index contributed by atoms with van der Waals surface area (Å²) in [5.41, 5.74) is 7.12. The third-order valence-electron chi connectivity index (χ3n) is 5.17. The van der Waals surface area contributed by atoms with Gasteiger partial charge in [0.25, 0.3) is 0 Å². The van der Waals surface area contributed by atoms with Gasteiger partial charge in [-0.2, -0.15) is 0 Å². The molecule has 5 rings (SSSR count).